The van der Waals surface area contributed by atoms with Gasteiger partial charge in [-0.1, -0.05) is 13.0 Å². The number of benzene rings is 2. The van der Waals surface area contributed by atoms with Crippen LogP contribution in [0.1, 0.15) is 51.3 Å². The van der Waals surface area contributed by atoms with Crippen molar-refractivity contribution in [2.45, 2.75) is 46.3 Å². The Bertz CT molecular complexity index is 1320. The lowest BCUT2D eigenvalue weighted by Crippen LogP contribution is -2.45. The summed E-state index contributed by atoms with van der Waals surface area (Å²) >= 11 is 0. The molecule has 2 atom stereocenters. The van der Waals surface area contributed by atoms with Gasteiger partial charge in [0.1, 0.15) is 0 Å². The Morgan fingerprint density at radius 2 is 1.76 bits per heavy atom. The number of esters is 1. The molecule has 0 aliphatic carbocycles. The minimum absolute atomic E-state index is 0.0473. The van der Waals surface area contributed by atoms with E-state index in [1.165, 1.54) is 13.3 Å². The van der Waals surface area contributed by atoms with Gasteiger partial charge in [-0.3, -0.25) is 4.79 Å². The summed E-state index contributed by atoms with van der Waals surface area (Å²) in [6.07, 6.45) is 2.39. The number of hydrogen-bond donors (Lipinski definition) is 3. The summed E-state index contributed by atoms with van der Waals surface area (Å²) in [7, 11) is 3.00. The van der Waals surface area contributed by atoms with Gasteiger partial charge in [0.15, 0.2) is 29.6 Å². The van der Waals surface area contributed by atoms with Gasteiger partial charge >= 0.3 is 12.0 Å². The van der Waals surface area contributed by atoms with E-state index >= 15 is 0 Å². The van der Waals surface area contributed by atoms with Crippen LogP contribution in [0.25, 0.3) is 0 Å². The van der Waals surface area contributed by atoms with Crippen LogP contribution in [0, 0.1) is 0 Å². The molecule has 12 nitrogen and oxygen atoms in total. The summed E-state index contributed by atoms with van der Waals surface area (Å²) in [5.74, 6) is 0.735. The zero-order valence-electron chi connectivity index (χ0n) is 24.0. The van der Waals surface area contributed by atoms with Gasteiger partial charge in [-0.2, -0.15) is 5.10 Å². The number of methoxy groups -OCH3 is 2. The number of nitrogens with one attached hydrogen (secondary N) is 3. The number of nitrogens with zero attached hydrogens (tertiary/aromatic N) is 1. The molecule has 0 bridgehead atoms. The largest absolute Gasteiger partial charge is 0.493 e. The quantitative estimate of drug-likeness (QED) is 0.189. The number of amides is 3. The first-order chi connectivity index (χ1) is 19.7. The van der Waals surface area contributed by atoms with E-state index in [4.69, 9.17) is 23.7 Å². The van der Waals surface area contributed by atoms with Crippen molar-refractivity contribution >= 4 is 24.1 Å². The predicted molar refractivity (Wildman–Crippen MR) is 151 cm³/mol. The van der Waals surface area contributed by atoms with Crippen LogP contribution in [0.3, 0.4) is 0 Å². The monoisotopic (exact) mass is 568 g/mol. The van der Waals surface area contributed by atoms with Crippen molar-refractivity contribution in [3.63, 3.8) is 0 Å². The molecule has 12 heteroatoms. The maximum atomic E-state index is 12.6. The van der Waals surface area contributed by atoms with Crippen molar-refractivity contribution in [3.05, 3.63) is 58.8 Å². The minimum atomic E-state index is -0.766. The zero-order valence-corrected chi connectivity index (χ0v) is 24.0. The van der Waals surface area contributed by atoms with Gasteiger partial charge in [0.25, 0.3) is 5.91 Å². The lowest BCUT2D eigenvalue weighted by molar-refractivity contribution is -0.139. The molecule has 2 aromatic carbocycles. The van der Waals surface area contributed by atoms with E-state index in [-0.39, 0.29) is 30.6 Å². The van der Waals surface area contributed by atoms with E-state index in [0.29, 0.717) is 34.1 Å². The third kappa shape index (κ3) is 8.13. The molecule has 3 amide bonds. The highest BCUT2D eigenvalue weighted by Crippen LogP contribution is 2.34. The molecule has 3 rings (SSSR count). The number of hydrogen-bond acceptors (Lipinski definition) is 9. The zero-order chi connectivity index (χ0) is 29.9. The average Bonchev–Trinajstić information content (AvgIpc) is 2.96. The van der Waals surface area contributed by atoms with Gasteiger partial charge in [-0.15, -0.1) is 0 Å². The second kappa shape index (κ2) is 14.6. The van der Waals surface area contributed by atoms with Gasteiger partial charge in [0.2, 0.25) is 0 Å². The molecule has 1 aliphatic rings. The van der Waals surface area contributed by atoms with Crippen LogP contribution < -0.4 is 35.0 Å². The Hall–Kier alpha value is -4.74. The van der Waals surface area contributed by atoms with E-state index in [1.54, 1.807) is 57.4 Å². The molecular formula is C29H36N4O8. The third-order valence-electron chi connectivity index (χ3n) is 6.14. The fourth-order valence-corrected chi connectivity index (χ4v) is 3.92. The van der Waals surface area contributed by atoms with Gasteiger partial charge < -0.3 is 34.3 Å². The Morgan fingerprint density at radius 3 is 2.44 bits per heavy atom. The molecule has 0 fully saturated rings. The lowest BCUT2D eigenvalue weighted by Gasteiger charge is -2.28. The number of hydrazone groups is 1. The van der Waals surface area contributed by atoms with Gasteiger partial charge in [-0.05, 0) is 68.7 Å². The van der Waals surface area contributed by atoms with Crippen molar-refractivity contribution in [1.29, 1.82) is 0 Å². The van der Waals surface area contributed by atoms with E-state index < -0.39 is 23.9 Å². The average molecular weight is 569 g/mol. The summed E-state index contributed by atoms with van der Waals surface area (Å²) in [4.78, 5) is 37.1. The molecule has 0 unspecified atom stereocenters. The molecule has 0 saturated heterocycles. The van der Waals surface area contributed by atoms with E-state index in [2.05, 4.69) is 21.2 Å². The van der Waals surface area contributed by atoms with Crippen molar-refractivity contribution < 1.29 is 38.1 Å². The van der Waals surface area contributed by atoms with E-state index in [0.717, 1.165) is 6.42 Å². The number of carbonyl (C=O) groups excluding carboxylic acids is 3. The van der Waals surface area contributed by atoms with Crippen LogP contribution in [0.15, 0.2) is 52.8 Å². The molecular weight excluding hydrogens is 532 g/mol. The van der Waals surface area contributed by atoms with E-state index in [9.17, 15) is 14.4 Å². The maximum Gasteiger partial charge on any atom is 0.338 e. The summed E-state index contributed by atoms with van der Waals surface area (Å²) in [5.41, 5.74) is 4.35. The Labute approximate surface area is 239 Å². The highest BCUT2D eigenvalue weighted by Gasteiger charge is 2.32. The van der Waals surface area contributed by atoms with Crippen LogP contribution in [0.4, 0.5) is 4.79 Å². The van der Waals surface area contributed by atoms with Crippen molar-refractivity contribution in [2.75, 3.05) is 27.4 Å². The number of carbonyl (C=O) groups is 3. The predicted octanol–water partition coefficient (Wildman–Crippen LogP) is 3.60. The number of rotatable bonds is 13. The van der Waals surface area contributed by atoms with Crippen LogP contribution in [0.5, 0.6) is 23.0 Å². The number of ether oxygens (including phenoxy) is 5. The van der Waals surface area contributed by atoms with Crippen LogP contribution in [-0.4, -0.2) is 57.7 Å². The second-order valence-corrected chi connectivity index (χ2v) is 9.03. The highest BCUT2D eigenvalue weighted by atomic mass is 16.5. The molecule has 0 spiro atoms. The second-order valence-electron chi connectivity index (χ2n) is 9.03. The molecule has 3 N–H and O–H groups in total. The topological polar surface area (TPSA) is 146 Å². The number of allylic oxidation sites excluding steroid dienone is 1. The molecule has 41 heavy (non-hydrogen) atoms. The molecule has 2 aromatic rings. The molecule has 0 saturated carbocycles. The van der Waals surface area contributed by atoms with Gasteiger partial charge in [0, 0.05) is 5.70 Å². The van der Waals surface area contributed by atoms with Crippen LogP contribution in [-0.2, 0) is 14.3 Å². The summed E-state index contributed by atoms with van der Waals surface area (Å²) in [6.45, 7) is 7.19. The van der Waals surface area contributed by atoms with Crippen molar-refractivity contribution in [3.8, 4) is 23.0 Å². The lowest BCUT2D eigenvalue weighted by atomic mass is 9.95. The summed E-state index contributed by atoms with van der Waals surface area (Å²) in [6, 6.07) is 9.00. The van der Waals surface area contributed by atoms with Gasteiger partial charge in [0.05, 0.1) is 44.8 Å². The molecule has 0 aromatic heterocycles. The van der Waals surface area contributed by atoms with Crippen molar-refractivity contribution in [1.82, 2.24) is 16.1 Å². The van der Waals surface area contributed by atoms with E-state index in [1.807, 2.05) is 13.8 Å². The first kappa shape index (κ1) is 30.8. The molecule has 1 heterocycles. The molecule has 1 aliphatic heterocycles. The van der Waals surface area contributed by atoms with Gasteiger partial charge in [-0.25, -0.2) is 15.0 Å². The highest BCUT2D eigenvalue weighted by molar-refractivity contribution is 5.95. The number of urea groups is 1. The van der Waals surface area contributed by atoms with Crippen molar-refractivity contribution in [2.24, 2.45) is 5.10 Å². The normalized spacial score (nSPS) is 15.5. The maximum absolute atomic E-state index is 12.6. The third-order valence-corrected chi connectivity index (χ3v) is 6.14. The minimum Gasteiger partial charge on any atom is -0.493 e. The fraction of sp³-hybridized carbons (Fsp3) is 0.379. The first-order valence-electron chi connectivity index (χ1n) is 13.1. The summed E-state index contributed by atoms with van der Waals surface area (Å²) in [5, 5.41) is 9.30. The first-order valence-corrected chi connectivity index (χ1v) is 13.1. The fourth-order valence-electron chi connectivity index (χ4n) is 3.92. The Kier molecular flexibility index (Phi) is 11.0. The molecule has 0 radical (unpaired) electrons. The Balaban J connectivity index is 1.64. The smallest absolute Gasteiger partial charge is 0.338 e. The molecule has 220 valence electrons. The van der Waals surface area contributed by atoms with Crippen LogP contribution >= 0.6 is 0 Å². The summed E-state index contributed by atoms with van der Waals surface area (Å²) < 4.78 is 27.5. The van der Waals surface area contributed by atoms with Crippen LogP contribution in [0.2, 0.25) is 0 Å². The Morgan fingerprint density at radius 1 is 1.05 bits per heavy atom. The standard InChI is InChI=1S/C29H36N4O8/c1-7-17(3)41-22-11-9-19(13-23(22)37-5)15-30-33-25(34)16-40-21-12-10-20(14-24(21)38-6)27-26(28(35)39-8-2)18(4)31-29(36)32-27/h9-15,17,27H,7-8,16H2,1-6H3,(H,33,34)(H2,31,32,36)/b30-15-/t17-,27+/m1/s1. The SMILES string of the molecule is CCOC(=O)C1=C(C)NC(=O)N[C@H]1c1ccc(OCC(=O)N/N=C\c2ccc(O[C@H](C)CC)c(OC)c2)c(OC)c1.